The van der Waals surface area contributed by atoms with E-state index in [0.717, 1.165) is 32.4 Å². The van der Waals surface area contributed by atoms with Crippen LogP contribution in [0.25, 0.3) is 0 Å². The summed E-state index contributed by atoms with van der Waals surface area (Å²) in [6.45, 7) is 3.60. The van der Waals surface area contributed by atoms with Crippen molar-refractivity contribution in [3.63, 3.8) is 0 Å². The van der Waals surface area contributed by atoms with E-state index in [0.29, 0.717) is 11.3 Å². The Kier molecular flexibility index (Phi) is 4.31. The van der Waals surface area contributed by atoms with Gasteiger partial charge in [0.05, 0.1) is 12.0 Å². The molecular weight excluding hydrogens is 238 g/mol. The van der Waals surface area contributed by atoms with Crippen LogP contribution < -0.4 is 5.32 Å². The number of rotatable bonds is 6. The maximum atomic E-state index is 12.1. The van der Waals surface area contributed by atoms with Gasteiger partial charge in [-0.05, 0) is 37.5 Å². The fourth-order valence-electron chi connectivity index (χ4n) is 2.65. The fourth-order valence-corrected chi connectivity index (χ4v) is 3.05. The largest absolute Gasteiger partial charge is 0.377 e. The van der Waals surface area contributed by atoms with Crippen molar-refractivity contribution in [2.45, 2.75) is 45.1 Å². The molecule has 2 rings (SSSR count). The SMILES string of the molecule is CCC1OCCC1C(=O)NCC1(CCCl)CC1. The van der Waals surface area contributed by atoms with Gasteiger partial charge in [0.1, 0.15) is 0 Å². The first-order valence-electron chi connectivity index (χ1n) is 6.66. The predicted octanol–water partition coefficient (Wildman–Crippen LogP) is 2.33. The number of ether oxygens (including phenoxy) is 1. The summed E-state index contributed by atoms with van der Waals surface area (Å²) in [5, 5.41) is 3.10. The van der Waals surface area contributed by atoms with Gasteiger partial charge in [0.2, 0.25) is 5.91 Å². The summed E-state index contributed by atoms with van der Waals surface area (Å²) < 4.78 is 5.55. The van der Waals surface area contributed by atoms with Crippen LogP contribution in [0.5, 0.6) is 0 Å². The van der Waals surface area contributed by atoms with E-state index in [4.69, 9.17) is 16.3 Å². The number of nitrogens with one attached hydrogen (secondary N) is 1. The van der Waals surface area contributed by atoms with Crippen molar-refractivity contribution in [1.82, 2.24) is 5.32 Å². The second kappa shape index (κ2) is 5.57. The fraction of sp³-hybridized carbons (Fsp3) is 0.923. The summed E-state index contributed by atoms with van der Waals surface area (Å²) in [6.07, 6.45) is 5.35. The molecule has 17 heavy (non-hydrogen) atoms. The molecule has 2 unspecified atom stereocenters. The molecule has 2 atom stereocenters. The van der Waals surface area contributed by atoms with Crippen molar-refractivity contribution < 1.29 is 9.53 Å². The molecule has 0 radical (unpaired) electrons. The first kappa shape index (κ1) is 13.2. The molecule has 0 bridgehead atoms. The zero-order chi connectivity index (χ0) is 12.3. The van der Waals surface area contributed by atoms with Crippen molar-refractivity contribution >= 4 is 17.5 Å². The second-order valence-corrected chi connectivity index (χ2v) is 5.75. The number of hydrogen-bond acceptors (Lipinski definition) is 2. The van der Waals surface area contributed by atoms with Gasteiger partial charge in [-0.15, -0.1) is 11.6 Å². The van der Waals surface area contributed by atoms with E-state index in [9.17, 15) is 4.79 Å². The molecule has 1 saturated heterocycles. The van der Waals surface area contributed by atoms with E-state index in [1.165, 1.54) is 12.8 Å². The topological polar surface area (TPSA) is 38.3 Å². The van der Waals surface area contributed by atoms with Gasteiger partial charge >= 0.3 is 0 Å². The Hall–Kier alpha value is -0.280. The minimum atomic E-state index is 0.0619. The quantitative estimate of drug-likeness (QED) is 0.744. The number of carbonyl (C=O) groups excluding carboxylic acids is 1. The first-order chi connectivity index (χ1) is 8.21. The number of alkyl halides is 1. The van der Waals surface area contributed by atoms with Crippen LogP contribution in [-0.4, -0.2) is 31.0 Å². The lowest BCUT2D eigenvalue weighted by Crippen LogP contribution is -2.38. The maximum Gasteiger partial charge on any atom is 0.225 e. The molecule has 0 aromatic carbocycles. The smallest absolute Gasteiger partial charge is 0.225 e. The van der Waals surface area contributed by atoms with Gasteiger partial charge in [-0.3, -0.25) is 4.79 Å². The molecule has 0 spiro atoms. The molecule has 1 saturated carbocycles. The minimum Gasteiger partial charge on any atom is -0.377 e. The van der Waals surface area contributed by atoms with Crippen molar-refractivity contribution in [2.75, 3.05) is 19.0 Å². The average molecular weight is 260 g/mol. The zero-order valence-corrected chi connectivity index (χ0v) is 11.3. The summed E-state index contributed by atoms with van der Waals surface area (Å²) in [5.74, 6) is 0.932. The Bertz CT molecular complexity index is 279. The van der Waals surface area contributed by atoms with Gasteiger partial charge in [0.25, 0.3) is 0 Å². The monoisotopic (exact) mass is 259 g/mol. The van der Waals surface area contributed by atoms with Gasteiger partial charge in [-0.1, -0.05) is 6.92 Å². The van der Waals surface area contributed by atoms with Crippen LogP contribution in [0, 0.1) is 11.3 Å². The first-order valence-corrected chi connectivity index (χ1v) is 7.19. The van der Waals surface area contributed by atoms with Crippen LogP contribution >= 0.6 is 11.6 Å². The third-order valence-corrected chi connectivity index (χ3v) is 4.36. The van der Waals surface area contributed by atoms with E-state index >= 15 is 0 Å². The molecule has 1 amide bonds. The number of hydrogen-bond donors (Lipinski definition) is 1. The Morgan fingerprint density at radius 2 is 2.29 bits per heavy atom. The van der Waals surface area contributed by atoms with Crippen molar-refractivity contribution in [3.05, 3.63) is 0 Å². The Morgan fingerprint density at radius 3 is 2.88 bits per heavy atom. The van der Waals surface area contributed by atoms with Gasteiger partial charge in [-0.2, -0.15) is 0 Å². The Balaban J connectivity index is 1.77. The van der Waals surface area contributed by atoms with Gasteiger partial charge in [0, 0.05) is 19.0 Å². The third kappa shape index (κ3) is 3.14. The van der Waals surface area contributed by atoms with Gasteiger partial charge in [0.15, 0.2) is 0 Å². The van der Waals surface area contributed by atoms with Gasteiger partial charge in [-0.25, -0.2) is 0 Å². The van der Waals surface area contributed by atoms with Crippen LogP contribution in [0.15, 0.2) is 0 Å². The molecule has 0 aromatic rings. The van der Waals surface area contributed by atoms with Crippen LogP contribution in [0.2, 0.25) is 0 Å². The zero-order valence-electron chi connectivity index (χ0n) is 10.5. The molecule has 2 fully saturated rings. The highest BCUT2D eigenvalue weighted by atomic mass is 35.5. The summed E-state index contributed by atoms with van der Waals surface area (Å²) in [4.78, 5) is 12.1. The van der Waals surface area contributed by atoms with E-state index in [2.05, 4.69) is 12.2 Å². The van der Waals surface area contributed by atoms with Crippen LogP contribution in [0.1, 0.15) is 39.0 Å². The highest BCUT2D eigenvalue weighted by Crippen LogP contribution is 2.48. The van der Waals surface area contributed by atoms with E-state index in [1.807, 2.05) is 0 Å². The Labute approximate surface area is 108 Å². The maximum absolute atomic E-state index is 12.1. The third-order valence-electron chi connectivity index (χ3n) is 4.17. The highest BCUT2D eigenvalue weighted by Gasteiger charge is 2.42. The highest BCUT2D eigenvalue weighted by molar-refractivity contribution is 6.17. The molecule has 4 heteroatoms. The van der Waals surface area contributed by atoms with Crippen LogP contribution in [0.3, 0.4) is 0 Å². The minimum absolute atomic E-state index is 0.0619. The van der Waals surface area contributed by atoms with Crippen LogP contribution in [-0.2, 0) is 9.53 Å². The summed E-state index contributed by atoms with van der Waals surface area (Å²) in [5.41, 5.74) is 0.318. The number of halogens is 1. The predicted molar refractivity (Wildman–Crippen MR) is 68.2 cm³/mol. The summed E-state index contributed by atoms with van der Waals surface area (Å²) in [7, 11) is 0. The normalized spacial score (nSPS) is 30.2. The summed E-state index contributed by atoms with van der Waals surface area (Å²) >= 11 is 5.78. The van der Waals surface area contributed by atoms with Gasteiger partial charge < -0.3 is 10.1 Å². The molecule has 1 heterocycles. The van der Waals surface area contributed by atoms with Crippen LogP contribution in [0.4, 0.5) is 0 Å². The standard InChI is InChI=1S/C13H22ClNO2/c1-2-11-10(3-8-17-11)12(16)15-9-13(4-5-13)6-7-14/h10-11H,2-9H2,1H3,(H,15,16). The summed E-state index contributed by atoms with van der Waals surface area (Å²) in [6, 6.07) is 0. The molecule has 1 N–H and O–H groups in total. The van der Waals surface area contributed by atoms with E-state index in [1.54, 1.807) is 0 Å². The van der Waals surface area contributed by atoms with E-state index in [-0.39, 0.29) is 17.9 Å². The van der Waals surface area contributed by atoms with Crippen molar-refractivity contribution in [1.29, 1.82) is 0 Å². The molecular formula is C13H22ClNO2. The number of amides is 1. The second-order valence-electron chi connectivity index (χ2n) is 5.37. The average Bonchev–Trinajstić information content (AvgIpc) is 2.93. The molecule has 0 aromatic heterocycles. The molecule has 1 aliphatic carbocycles. The van der Waals surface area contributed by atoms with Crippen molar-refractivity contribution in [2.24, 2.45) is 11.3 Å². The molecule has 98 valence electrons. The molecule has 1 aliphatic heterocycles. The lowest BCUT2D eigenvalue weighted by Gasteiger charge is -2.19. The lowest BCUT2D eigenvalue weighted by atomic mass is 9.97. The van der Waals surface area contributed by atoms with Crippen molar-refractivity contribution in [3.8, 4) is 0 Å². The van der Waals surface area contributed by atoms with E-state index < -0.39 is 0 Å². The Morgan fingerprint density at radius 1 is 1.53 bits per heavy atom. The lowest BCUT2D eigenvalue weighted by molar-refractivity contribution is -0.127. The molecule has 3 nitrogen and oxygen atoms in total. The number of carbonyl (C=O) groups is 1. The molecule has 2 aliphatic rings.